The molecule has 1 N–H and O–H groups in total. The van der Waals surface area contributed by atoms with E-state index in [0.29, 0.717) is 6.42 Å². The third-order valence-corrected chi connectivity index (χ3v) is 6.33. The van der Waals surface area contributed by atoms with Crippen molar-refractivity contribution in [1.29, 1.82) is 0 Å². The van der Waals surface area contributed by atoms with Gasteiger partial charge < -0.3 is 15.0 Å². The SMILES string of the molecule is COC(=O)CN1c2ccccc2NC2=C(C(=O)CC(C)(C)C2)[C@@H]1[C@@H]1CC=CCC1. The van der Waals surface area contributed by atoms with Gasteiger partial charge in [0.25, 0.3) is 0 Å². The molecule has 0 fully saturated rings. The zero-order valence-electron chi connectivity index (χ0n) is 17.5. The molecule has 0 radical (unpaired) electrons. The van der Waals surface area contributed by atoms with Gasteiger partial charge in [-0.25, -0.2) is 0 Å². The number of fused-ring (bicyclic) bond motifs is 1. The number of ether oxygens (including phenoxy) is 1. The number of ketones is 1. The summed E-state index contributed by atoms with van der Waals surface area (Å²) < 4.78 is 5.02. The molecule has 2 aliphatic carbocycles. The molecular formula is C24H30N2O3. The second-order valence-electron chi connectivity index (χ2n) is 9.17. The van der Waals surface area contributed by atoms with Gasteiger partial charge in [0.05, 0.1) is 24.5 Å². The van der Waals surface area contributed by atoms with Crippen molar-refractivity contribution in [2.45, 2.75) is 52.0 Å². The highest BCUT2D eigenvalue weighted by molar-refractivity contribution is 6.01. The molecule has 0 saturated heterocycles. The predicted molar refractivity (Wildman–Crippen MR) is 115 cm³/mol. The Morgan fingerprint density at radius 1 is 1.24 bits per heavy atom. The molecule has 1 aliphatic heterocycles. The Kier molecular flexibility index (Phi) is 5.24. The lowest BCUT2D eigenvalue weighted by atomic mass is 9.71. The highest BCUT2D eigenvalue weighted by Crippen LogP contribution is 2.46. The van der Waals surface area contributed by atoms with Gasteiger partial charge in [-0.3, -0.25) is 9.59 Å². The molecule has 0 unspecified atom stereocenters. The van der Waals surface area contributed by atoms with E-state index in [0.717, 1.165) is 48.3 Å². The molecule has 0 aromatic heterocycles. The number of anilines is 2. The summed E-state index contributed by atoms with van der Waals surface area (Å²) in [6.07, 6.45) is 8.72. The molecule has 1 aromatic carbocycles. The van der Waals surface area contributed by atoms with E-state index in [-0.39, 0.29) is 35.7 Å². The first-order valence-electron chi connectivity index (χ1n) is 10.5. The second kappa shape index (κ2) is 7.69. The number of hydrogen-bond acceptors (Lipinski definition) is 5. The van der Waals surface area contributed by atoms with Crippen molar-refractivity contribution in [3.05, 3.63) is 47.7 Å². The largest absolute Gasteiger partial charge is 0.468 e. The molecule has 2 atom stereocenters. The molecule has 0 spiro atoms. The third-order valence-electron chi connectivity index (χ3n) is 6.33. The Morgan fingerprint density at radius 2 is 2.03 bits per heavy atom. The van der Waals surface area contributed by atoms with E-state index in [1.165, 1.54) is 7.11 Å². The van der Waals surface area contributed by atoms with Crippen LogP contribution < -0.4 is 10.2 Å². The number of Topliss-reactive ketones (excluding diaryl/α,β-unsaturated/α-hetero) is 1. The van der Waals surface area contributed by atoms with Crippen molar-refractivity contribution in [2.24, 2.45) is 11.3 Å². The minimum Gasteiger partial charge on any atom is -0.468 e. The molecule has 0 amide bonds. The van der Waals surface area contributed by atoms with Gasteiger partial charge in [-0.1, -0.05) is 38.1 Å². The zero-order valence-corrected chi connectivity index (χ0v) is 17.5. The maximum atomic E-state index is 13.4. The van der Waals surface area contributed by atoms with Crippen molar-refractivity contribution >= 4 is 23.1 Å². The number of carbonyl (C=O) groups is 2. The van der Waals surface area contributed by atoms with Crippen LogP contribution in [0.3, 0.4) is 0 Å². The zero-order chi connectivity index (χ0) is 20.6. The average Bonchev–Trinajstić information content (AvgIpc) is 2.82. The Bertz CT molecular complexity index is 884. The minimum atomic E-state index is -0.288. The number of hydrogen-bond donors (Lipinski definition) is 1. The minimum absolute atomic E-state index is 0.0770. The summed E-state index contributed by atoms with van der Waals surface area (Å²) in [5.74, 6) is 0.197. The van der Waals surface area contributed by atoms with Gasteiger partial charge in [-0.2, -0.15) is 0 Å². The number of para-hydroxylation sites is 2. The molecule has 0 bridgehead atoms. The van der Waals surface area contributed by atoms with E-state index in [4.69, 9.17) is 4.74 Å². The van der Waals surface area contributed by atoms with Crippen LogP contribution >= 0.6 is 0 Å². The van der Waals surface area contributed by atoms with Crippen LogP contribution in [0.4, 0.5) is 11.4 Å². The van der Waals surface area contributed by atoms with Gasteiger partial charge in [-0.05, 0) is 49.1 Å². The fraction of sp³-hybridized carbons (Fsp3) is 0.500. The number of esters is 1. The first kappa shape index (κ1) is 19.7. The van der Waals surface area contributed by atoms with E-state index in [1.807, 2.05) is 24.3 Å². The number of nitrogens with zero attached hydrogens (tertiary/aromatic N) is 1. The van der Waals surface area contributed by atoms with Crippen LogP contribution in [0, 0.1) is 11.3 Å². The van der Waals surface area contributed by atoms with Crippen LogP contribution in [0.2, 0.25) is 0 Å². The second-order valence-corrected chi connectivity index (χ2v) is 9.17. The van der Waals surface area contributed by atoms with Crippen LogP contribution in [0.1, 0.15) is 46.0 Å². The number of nitrogens with one attached hydrogen (secondary N) is 1. The fourth-order valence-electron chi connectivity index (χ4n) is 5.07. The third kappa shape index (κ3) is 3.83. The molecule has 5 nitrogen and oxygen atoms in total. The average molecular weight is 395 g/mol. The van der Waals surface area contributed by atoms with Crippen molar-refractivity contribution in [3.8, 4) is 0 Å². The smallest absolute Gasteiger partial charge is 0.325 e. The fourth-order valence-corrected chi connectivity index (χ4v) is 5.07. The molecule has 0 saturated carbocycles. The highest BCUT2D eigenvalue weighted by Gasteiger charge is 2.43. The van der Waals surface area contributed by atoms with Gasteiger partial charge in [0.2, 0.25) is 0 Å². The van der Waals surface area contributed by atoms with Gasteiger partial charge >= 0.3 is 5.97 Å². The summed E-state index contributed by atoms with van der Waals surface area (Å²) >= 11 is 0. The van der Waals surface area contributed by atoms with Crippen LogP contribution in [0.15, 0.2) is 47.7 Å². The Morgan fingerprint density at radius 3 is 2.76 bits per heavy atom. The first-order chi connectivity index (χ1) is 13.9. The first-order valence-corrected chi connectivity index (χ1v) is 10.5. The quantitative estimate of drug-likeness (QED) is 0.606. The van der Waals surface area contributed by atoms with E-state index in [9.17, 15) is 9.59 Å². The Hall–Kier alpha value is -2.56. The maximum absolute atomic E-state index is 13.4. The highest BCUT2D eigenvalue weighted by atomic mass is 16.5. The summed E-state index contributed by atoms with van der Waals surface area (Å²) in [6.45, 7) is 4.43. The van der Waals surface area contributed by atoms with Crippen LogP contribution in [-0.2, 0) is 14.3 Å². The number of methoxy groups -OCH3 is 1. The molecule has 1 heterocycles. The van der Waals surface area contributed by atoms with Crippen LogP contribution in [0.25, 0.3) is 0 Å². The summed E-state index contributed by atoms with van der Waals surface area (Å²) in [5, 5.41) is 3.58. The van der Waals surface area contributed by atoms with Gasteiger partial charge in [-0.15, -0.1) is 0 Å². The van der Waals surface area contributed by atoms with Crippen LogP contribution in [0.5, 0.6) is 0 Å². The maximum Gasteiger partial charge on any atom is 0.325 e. The Labute approximate surface area is 172 Å². The number of rotatable bonds is 3. The van der Waals surface area contributed by atoms with Crippen LogP contribution in [-0.4, -0.2) is 31.4 Å². The topological polar surface area (TPSA) is 58.6 Å². The molecule has 3 aliphatic rings. The summed E-state index contributed by atoms with van der Waals surface area (Å²) in [7, 11) is 1.42. The van der Waals surface area contributed by atoms with Gasteiger partial charge in [0.1, 0.15) is 6.54 Å². The van der Waals surface area contributed by atoms with E-state index >= 15 is 0 Å². The monoisotopic (exact) mass is 394 g/mol. The summed E-state index contributed by atoms with van der Waals surface area (Å²) in [5.41, 5.74) is 3.71. The van der Waals surface area contributed by atoms with Crippen molar-refractivity contribution in [1.82, 2.24) is 0 Å². The summed E-state index contributed by atoms with van der Waals surface area (Å²) in [4.78, 5) is 27.9. The number of carbonyl (C=O) groups excluding carboxylic acids is 2. The lowest BCUT2D eigenvalue weighted by molar-refractivity contribution is -0.139. The van der Waals surface area contributed by atoms with Gasteiger partial charge in [0.15, 0.2) is 5.78 Å². The molecule has 4 rings (SSSR count). The molecule has 29 heavy (non-hydrogen) atoms. The Balaban J connectivity index is 1.89. The normalized spacial score (nSPS) is 25.6. The van der Waals surface area contributed by atoms with Crippen molar-refractivity contribution in [3.63, 3.8) is 0 Å². The predicted octanol–water partition coefficient (Wildman–Crippen LogP) is 4.46. The molecule has 154 valence electrons. The summed E-state index contributed by atoms with van der Waals surface area (Å²) in [6, 6.07) is 7.90. The van der Waals surface area contributed by atoms with Gasteiger partial charge in [0, 0.05) is 17.7 Å². The molecule has 5 heteroatoms. The van der Waals surface area contributed by atoms with E-state index in [2.05, 4.69) is 36.2 Å². The lowest BCUT2D eigenvalue weighted by Gasteiger charge is -2.41. The number of benzene rings is 1. The number of allylic oxidation sites excluding steroid dienone is 3. The lowest BCUT2D eigenvalue weighted by Crippen LogP contribution is -2.48. The van der Waals surface area contributed by atoms with E-state index in [1.54, 1.807) is 0 Å². The van der Waals surface area contributed by atoms with Crippen molar-refractivity contribution < 1.29 is 14.3 Å². The standard InChI is InChI=1S/C24H30N2O3/c1-24(2)13-18-22(20(27)14-24)23(16-9-5-4-6-10-16)26(15-21(28)29-3)19-12-8-7-11-17(19)25-18/h4-5,7-8,11-12,16,23,25H,6,9-10,13-15H2,1-3H3/t16-,23+/m1/s1. The molecular weight excluding hydrogens is 364 g/mol. The molecule has 1 aromatic rings. The van der Waals surface area contributed by atoms with E-state index < -0.39 is 0 Å². The van der Waals surface area contributed by atoms with Crippen molar-refractivity contribution in [2.75, 3.05) is 23.9 Å².